The van der Waals surface area contributed by atoms with Gasteiger partial charge in [-0.25, -0.2) is 4.39 Å². The van der Waals surface area contributed by atoms with Crippen molar-refractivity contribution in [3.8, 4) is 0 Å². The number of hydrogen-bond acceptors (Lipinski definition) is 2. The van der Waals surface area contributed by atoms with Crippen LogP contribution in [0.3, 0.4) is 0 Å². The lowest BCUT2D eigenvalue weighted by Crippen LogP contribution is -2.39. The highest BCUT2D eigenvalue weighted by Gasteiger charge is 2.35. The largest absolute Gasteiger partial charge is 0.334 e. The Morgan fingerprint density at radius 2 is 2.19 bits per heavy atom. The molecule has 1 saturated heterocycles. The minimum atomic E-state index is -0.231. The van der Waals surface area contributed by atoms with Gasteiger partial charge in [0.15, 0.2) is 0 Å². The fraction of sp³-hybridized carbons (Fsp3) is 0.588. The molecule has 3 nitrogen and oxygen atoms in total. The fourth-order valence-corrected chi connectivity index (χ4v) is 3.23. The van der Waals surface area contributed by atoms with Crippen molar-refractivity contribution in [1.29, 1.82) is 0 Å². The highest BCUT2D eigenvalue weighted by Crippen LogP contribution is 2.37. The SMILES string of the molecule is CC1CCN(C(=O)CNCC2CC2)C1c1cccc(F)c1. The Morgan fingerprint density at radius 3 is 2.90 bits per heavy atom. The van der Waals surface area contributed by atoms with E-state index < -0.39 is 0 Å². The van der Waals surface area contributed by atoms with E-state index in [4.69, 9.17) is 0 Å². The maximum atomic E-state index is 13.5. The van der Waals surface area contributed by atoms with Crippen molar-refractivity contribution in [2.75, 3.05) is 19.6 Å². The van der Waals surface area contributed by atoms with Gasteiger partial charge >= 0.3 is 0 Å². The monoisotopic (exact) mass is 290 g/mol. The summed E-state index contributed by atoms with van der Waals surface area (Å²) in [6.45, 7) is 4.25. The van der Waals surface area contributed by atoms with Gasteiger partial charge in [0.25, 0.3) is 0 Å². The number of carbonyl (C=O) groups excluding carboxylic acids is 1. The van der Waals surface area contributed by atoms with Crippen LogP contribution in [0.1, 0.15) is 37.8 Å². The van der Waals surface area contributed by atoms with Crippen molar-refractivity contribution in [1.82, 2.24) is 10.2 Å². The Kier molecular flexibility index (Phi) is 4.24. The molecule has 0 spiro atoms. The molecule has 1 aliphatic heterocycles. The first kappa shape index (κ1) is 14.5. The smallest absolute Gasteiger partial charge is 0.237 e. The van der Waals surface area contributed by atoms with Gasteiger partial charge in [-0.3, -0.25) is 4.79 Å². The van der Waals surface area contributed by atoms with E-state index in [9.17, 15) is 9.18 Å². The molecule has 2 aliphatic rings. The van der Waals surface area contributed by atoms with Crippen molar-refractivity contribution in [2.24, 2.45) is 11.8 Å². The molecule has 2 atom stereocenters. The predicted octanol–water partition coefficient (Wildman–Crippen LogP) is 2.73. The van der Waals surface area contributed by atoms with E-state index in [0.29, 0.717) is 12.5 Å². The summed E-state index contributed by atoms with van der Waals surface area (Å²) in [4.78, 5) is 14.3. The summed E-state index contributed by atoms with van der Waals surface area (Å²) in [5.41, 5.74) is 0.913. The molecule has 1 heterocycles. The first-order valence-corrected chi connectivity index (χ1v) is 7.91. The molecule has 1 aromatic carbocycles. The molecule has 1 amide bonds. The molecule has 114 valence electrons. The Labute approximate surface area is 125 Å². The second-order valence-electron chi connectivity index (χ2n) is 6.43. The molecular formula is C17H23FN2O. The minimum Gasteiger partial charge on any atom is -0.334 e. The third-order valence-electron chi connectivity index (χ3n) is 4.62. The number of carbonyl (C=O) groups is 1. The first-order chi connectivity index (χ1) is 10.1. The van der Waals surface area contributed by atoms with Gasteiger partial charge in [-0.05, 0) is 55.3 Å². The maximum Gasteiger partial charge on any atom is 0.237 e. The summed E-state index contributed by atoms with van der Waals surface area (Å²) in [5, 5.41) is 3.26. The number of hydrogen-bond donors (Lipinski definition) is 1. The molecule has 4 heteroatoms. The molecule has 2 fully saturated rings. The van der Waals surface area contributed by atoms with Gasteiger partial charge in [0.05, 0.1) is 12.6 Å². The van der Waals surface area contributed by atoms with Crippen molar-refractivity contribution in [3.63, 3.8) is 0 Å². The summed E-state index contributed by atoms with van der Waals surface area (Å²) in [6.07, 6.45) is 3.55. The zero-order valence-corrected chi connectivity index (χ0v) is 12.5. The molecule has 0 bridgehead atoms. The summed E-state index contributed by atoms with van der Waals surface area (Å²) in [7, 11) is 0. The van der Waals surface area contributed by atoms with Crippen LogP contribution >= 0.6 is 0 Å². The first-order valence-electron chi connectivity index (χ1n) is 7.91. The van der Waals surface area contributed by atoms with E-state index >= 15 is 0 Å². The number of likely N-dealkylation sites (tertiary alicyclic amines) is 1. The van der Waals surface area contributed by atoms with Gasteiger partial charge < -0.3 is 10.2 Å². The van der Waals surface area contributed by atoms with Gasteiger partial charge in [0.2, 0.25) is 5.91 Å². The average molecular weight is 290 g/mol. The standard InChI is InChI=1S/C17H23FN2O/c1-12-7-8-20(16(21)11-19-10-13-5-6-13)17(12)14-3-2-4-15(18)9-14/h2-4,9,12-13,17,19H,5-8,10-11H2,1H3. The van der Waals surface area contributed by atoms with Gasteiger partial charge in [-0.15, -0.1) is 0 Å². The van der Waals surface area contributed by atoms with Gasteiger partial charge in [0.1, 0.15) is 5.82 Å². The van der Waals surface area contributed by atoms with E-state index in [2.05, 4.69) is 12.2 Å². The molecule has 21 heavy (non-hydrogen) atoms. The Balaban J connectivity index is 1.66. The zero-order valence-electron chi connectivity index (χ0n) is 12.5. The Morgan fingerprint density at radius 1 is 1.38 bits per heavy atom. The molecule has 1 aliphatic carbocycles. The molecule has 2 unspecified atom stereocenters. The summed E-state index contributed by atoms with van der Waals surface area (Å²) in [5.74, 6) is 1.05. The number of halogens is 1. The van der Waals surface area contributed by atoms with Gasteiger partial charge in [-0.1, -0.05) is 19.1 Å². The van der Waals surface area contributed by atoms with Crippen LogP contribution < -0.4 is 5.32 Å². The average Bonchev–Trinajstić information content (AvgIpc) is 3.19. The highest BCUT2D eigenvalue weighted by atomic mass is 19.1. The number of nitrogens with one attached hydrogen (secondary N) is 1. The summed E-state index contributed by atoms with van der Waals surface area (Å²) < 4.78 is 13.5. The van der Waals surface area contributed by atoms with Crippen LogP contribution in [0.5, 0.6) is 0 Å². The number of benzene rings is 1. The molecule has 0 aromatic heterocycles. The van der Waals surface area contributed by atoms with Crippen molar-refractivity contribution in [3.05, 3.63) is 35.6 Å². The third-order valence-corrected chi connectivity index (χ3v) is 4.62. The maximum absolute atomic E-state index is 13.5. The highest BCUT2D eigenvalue weighted by molar-refractivity contribution is 5.79. The number of rotatable bonds is 5. The normalized spacial score (nSPS) is 25.3. The zero-order chi connectivity index (χ0) is 14.8. The summed E-state index contributed by atoms with van der Waals surface area (Å²) in [6, 6.07) is 6.67. The lowest BCUT2D eigenvalue weighted by molar-refractivity contribution is -0.131. The predicted molar refractivity (Wildman–Crippen MR) is 80.2 cm³/mol. The lowest BCUT2D eigenvalue weighted by atomic mass is 9.95. The van der Waals surface area contributed by atoms with E-state index in [-0.39, 0.29) is 17.8 Å². The number of amides is 1. The van der Waals surface area contributed by atoms with Crippen LogP contribution in [-0.4, -0.2) is 30.4 Å². The molecule has 1 N–H and O–H groups in total. The van der Waals surface area contributed by atoms with E-state index in [0.717, 1.165) is 31.0 Å². The van der Waals surface area contributed by atoms with Crippen LogP contribution in [0, 0.1) is 17.7 Å². The Bertz CT molecular complexity index is 515. The summed E-state index contributed by atoms with van der Waals surface area (Å²) >= 11 is 0. The van der Waals surface area contributed by atoms with Crippen LogP contribution in [0.2, 0.25) is 0 Å². The molecular weight excluding hydrogens is 267 g/mol. The van der Waals surface area contributed by atoms with E-state index in [1.807, 2.05) is 11.0 Å². The quantitative estimate of drug-likeness (QED) is 0.904. The van der Waals surface area contributed by atoms with Crippen LogP contribution in [0.15, 0.2) is 24.3 Å². The van der Waals surface area contributed by atoms with Crippen LogP contribution in [0.25, 0.3) is 0 Å². The molecule has 3 rings (SSSR count). The number of nitrogens with zero attached hydrogens (tertiary/aromatic N) is 1. The second kappa shape index (κ2) is 6.14. The lowest BCUT2D eigenvalue weighted by Gasteiger charge is -2.27. The van der Waals surface area contributed by atoms with Gasteiger partial charge in [0, 0.05) is 6.54 Å². The molecule has 1 saturated carbocycles. The third kappa shape index (κ3) is 3.43. The van der Waals surface area contributed by atoms with Gasteiger partial charge in [-0.2, -0.15) is 0 Å². The fourth-order valence-electron chi connectivity index (χ4n) is 3.23. The van der Waals surface area contributed by atoms with Crippen molar-refractivity contribution < 1.29 is 9.18 Å². The van der Waals surface area contributed by atoms with Crippen molar-refractivity contribution in [2.45, 2.75) is 32.2 Å². The second-order valence-corrected chi connectivity index (χ2v) is 6.43. The molecule has 0 radical (unpaired) electrons. The van der Waals surface area contributed by atoms with E-state index in [1.165, 1.54) is 18.9 Å². The minimum absolute atomic E-state index is 0.0101. The topological polar surface area (TPSA) is 32.3 Å². The van der Waals surface area contributed by atoms with E-state index in [1.54, 1.807) is 12.1 Å². The van der Waals surface area contributed by atoms with Crippen LogP contribution in [0.4, 0.5) is 4.39 Å². The Hall–Kier alpha value is -1.42. The molecule has 1 aromatic rings. The van der Waals surface area contributed by atoms with Crippen LogP contribution in [-0.2, 0) is 4.79 Å². The van der Waals surface area contributed by atoms with Crippen molar-refractivity contribution >= 4 is 5.91 Å².